The van der Waals surface area contributed by atoms with Gasteiger partial charge in [-0.25, -0.2) is 0 Å². The SMILES string of the molecule is [CH]=Cc1c(C)ccc2c(Cl)cccc12. The number of aryl methyl sites for hydroxylation is 1. The van der Waals surface area contributed by atoms with E-state index in [2.05, 4.69) is 0 Å². The third-order valence-corrected chi connectivity index (χ3v) is 2.76. The Kier molecular flexibility index (Phi) is 2.30. The minimum absolute atomic E-state index is 0.769. The summed E-state index contributed by atoms with van der Waals surface area (Å²) >= 11 is 6.08. The number of hydrogen-bond donors (Lipinski definition) is 0. The van der Waals surface area contributed by atoms with Crippen LogP contribution in [0.5, 0.6) is 0 Å². The van der Waals surface area contributed by atoms with E-state index in [0.29, 0.717) is 0 Å². The molecule has 0 saturated heterocycles. The Morgan fingerprint density at radius 2 is 1.93 bits per heavy atom. The smallest absolute Gasteiger partial charge is 0.0484 e. The molecule has 1 heteroatoms. The molecule has 14 heavy (non-hydrogen) atoms. The van der Waals surface area contributed by atoms with Crippen molar-refractivity contribution < 1.29 is 0 Å². The largest absolute Gasteiger partial charge is 0.0837 e. The second kappa shape index (κ2) is 3.47. The quantitative estimate of drug-likeness (QED) is 0.647. The lowest BCUT2D eigenvalue weighted by Crippen LogP contribution is -1.83. The van der Waals surface area contributed by atoms with Crippen LogP contribution in [-0.2, 0) is 0 Å². The van der Waals surface area contributed by atoms with E-state index in [0.717, 1.165) is 21.4 Å². The van der Waals surface area contributed by atoms with Gasteiger partial charge in [0.2, 0.25) is 0 Å². The number of benzene rings is 2. The molecule has 1 radical (unpaired) electrons. The summed E-state index contributed by atoms with van der Waals surface area (Å²) in [4.78, 5) is 0. The van der Waals surface area contributed by atoms with Crippen LogP contribution in [0.3, 0.4) is 0 Å². The average Bonchev–Trinajstić information content (AvgIpc) is 2.18. The fourth-order valence-electron chi connectivity index (χ4n) is 1.67. The lowest BCUT2D eigenvalue weighted by Gasteiger charge is -2.06. The maximum absolute atomic E-state index is 6.08. The highest BCUT2D eigenvalue weighted by atomic mass is 35.5. The minimum atomic E-state index is 0.769. The van der Waals surface area contributed by atoms with Gasteiger partial charge in [-0.05, 0) is 29.5 Å². The van der Waals surface area contributed by atoms with Gasteiger partial charge in [-0.3, -0.25) is 0 Å². The van der Waals surface area contributed by atoms with Crippen LogP contribution < -0.4 is 0 Å². The van der Waals surface area contributed by atoms with Gasteiger partial charge in [0.15, 0.2) is 0 Å². The van der Waals surface area contributed by atoms with Crippen LogP contribution >= 0.6 is 11.6 Å². The molecule has 2 rings (SSSR count). The fraction of sp³-hybridized carbons (Fsp3) is 0.0769. The number of fused-ring (bicyclic) bond motifs is 1. The van der Waals surface area contributed by atoms with Gasteiger partial charge in [-0.2, -0.15) is 0 Å². The van der Waals surface area contributed by atoms with Crippen molar-refractivity contribution in [2.75, 3.05) is 0 Å². The van der Waals surface area contributed by atoms with Crippen LogP contribution in [0.2, 0.25) is 5.02 Å². The zero-order chi connectivity index (χ0) is 10.1. The first-order valence-electron chi connectivity index (χ1n) is 4.47. The molecule has 69 valence electrons. The summed E-state index contributed by atoms with van der Waals surface area (Å²) in [6.07, 6.45) is 1.63. The van der Waals surface area contributed by atoms with Crippen molar-refractivity contribution in [3.05, 3.63) is 53.1 Å². The zero-order valence-electron chi connectivity index (χ0n) is 7.92. The van der Waals surface area contributed by atoms with Crippen LogP contribution in [0.15, 0.2) is 30.3 Å². The zero-order valence-corrected chi connectivity index (χ0v) is 8.68. The third-order valence-electron chi connectivity index (χ3n) is 2.43. The molecule has 0 saturated carbocycles. The first kappa shape index (κ1) is 9.29. The Labute approximate surface area is 88.8 Å². The molecule has 0 amide bonds. The summed E-state index contributed by atoms with van der Waals surface area (Å²) in [5, 5.41) is 2.93. The first-order valence-corrected chi connectivity index (χ1v) is 4.84. The minimum Gasteiger partial charge on any atom is -0.0837 e. The predicted molar refractivity (Wildman–Crippen MR) is 62.5 cm³/mol. The Bertz CT molecular complexity index is 498. The molecule has 0 nitrogen and oxygen atoms in total. The molecule has 0 N–H and O–H groups in total. The van der Waals surface area contributed by atoms with Crippen molar-refractivity contribution >= 4 is 28.4 Å². The highest BCUT2D eigenvalue weighted by Crippen LogP contribution is 2.28. The van der Waals surface area contributed by atoms with Gasteiger partial charge >= 0.3 is 0 Å². The molecule has 0 fully saturated rings. The Morgan fingerprint density at radius 1 is 1.14 bits per heavy atom. The van der Waals surface area contributed by atoms with E-state index in [9.17, 15) is 0 Å². The van der Waals surface area contributed by atoms with Crippen molar-refractivity contribution in [1.82, 2.24) is 0 Å². The molecule has 0 heterocycles. The van der Waals surface area contributed by atoms with E-state index in [1.165, 1.54) is 5.56 Å². The second-order valence-corrected chi connectivity index (χ2v) is 3.70. The second-order valence-electron chi connectivity index (χ2n) is 3.30. The maximum Gasteiger partial charge on any atom is 0.0484 e. The molecule has 0 bridgehead atoms. The summed E-state index contributed by atoms with van der Waals surface area (Å²) in [5.74, 6) is 0. The topological polar surface area (TPSA) is 0 Å². The normalized spacial score (nSPS) is 10.4. The number of hydrogen-bond acceptors (Lipinski definition) is 0. The summed E-state index contributed by atoms with van der Waals surface area (Å²) in [7, 11) is 0. The standard InChI is InChI=1S/C13H10Cl/c1-3-10-9(2)7-8-12-11(10)5-4-6-13(12)14/h1,3-8H,2H3. The van der Waals surface area contributed by atoms with Gasteiger partial charge in [-0.1, -0.05) is 48.5 Å². The van der Waals surface area contributed by atoms with Gasteiger partial charge in [-0.15, -0.1) is 0 Å². The molecule has 0 aliphatic heterocycles. The van der Waals surface area contributed by atoms with Crippen LogP contribution in [0, 0.1) is 13.5 Å². The van der Waals surface area contributed by atoms with Crippen molar-refractivity contribution in [1.29, 1.82) is 0 Å². The monoisotopic (exact) mass is 201 g/mol. The fourth-order valence-corrected chi connectivity index (χ4v) is 1.91. The third kappa shape index (κ3) is 1.32. The Balaban J connectivity index is 2.95. The van der Waals surface area contributed by atoms with E-state index in [1.807, 2.05) is 37.3 Å². The summed E-state index contributed by atoms with van der Waals surface area (Å²) < 4.78 is 0. The molecule has 2 aromatic carbocycles. The summed E-state index contributed by atoms with van der Waals surface area (Å²) in [6, 6.07) is 9.93. The van der Waals surface area contributed by atoms with Crippen molar-refractivity contribution in [2.45, 2.75) is 6.92 Å². The average molecular weight is 202 g/mol. The predicted octanol–water partition coefficient (Wildman–Crippen LogP) is 4.25. The lowest BCUT2D eigenvalue weighted by atomic mass is 10.00. The molecule has 0 aliphatic rings. The molecule has 0 spiro atoms. The number of halogens is 1. The van der Waals surface area contributed by atoms with Gasteiger partial charge < -0.3 is 0 Å². The maximum atomic E-state index is 6.08. The molecule has 0 unspecified atom stereocenters. The first-order chi connectivity index (χ1) is 6.74. The van der Waals surface area contributed by atoms with Crippen molar-refractivity contribution in [3.8, 4) is 0 Å². The Morgan fingerprint density at radius 3 is 2.64 bits per heavy atom. The molecule has 0 aliphatic carbocycles. The van der Waals surface area contributed by atoms with Crippen LogP contribution in [0.25, 0.3) is 16.8 Å². The summed E-state index contributed by atoms with van der Waals surface area (Å²) in [6.45, 7) is 7.64. The van der Waals surface area contributed by atoms with Crippen molar-refractivity contribution in [2.24, 2.45) is 0 Å². The van der Waals surface area contributed by atoms with Gasteiger partial charge in [0, 0.05) is 10.4 Å². The van der Waals surface area contributed by atoms with Gasteiger partial charge in [0.05, 0.1) is 0 Å². The van der Waals surface area contributed by atoms with E-state index >= 15 is 0 Å². The van der Waals surface area contributed by atoms with E-state index in [4.69, 9.17) is 18.2 Å². The van der Waals surface area contributed by atoms with E-state index < -0.39 is 0 Å². The molecular formula is C13H10Cl. The molecule has 0 atom stereocenters. The lowest BCUT2D eigenvalue weighted by molar-refractivity contribution is 1.48. The van der Waals surface area contributed by atoms with Crippen LogP contribution in [-0.4, -0.2) is 0 Å². The molecular weight excluding hydrogens is 192 g/mol. The molecule has 0 aromatic heterocycles. The van der Waals surface area contributed by atoms with Crippen LogP contribution in [0.1, 0.15) is 11.1 Å². The van der Waals surface area contributed by atoms with E-state index in [1.54, 1.807) is 6.08 Å². The summed E-state index contributed by atoms with van der Waals surface area (Å²) in [5.41, 5.74) is 2.23. The van der Waals surface area contributed by atoms with Gasteiger partial charge in [0.1, 0.15) is 0 Å². The van der Waals surface area contributed by atoms with E-state index in [-0.39, 0.29) is 0 Å². The van der Waals surface area contributed by atoms with Gasteiger partial charge in [0.25, 0.3) is 0 Å². The Hall–Kier alpha value is -1.27. The molecule has 2 aromatic rings. The highest BCUT2D eigenvalue weighted by molar-refractivity contribution is 6.35. The number of rotatable bonds is 1. The highest BCUT2D eigenvalue weighted by Gasteiger charge is 2.03. The van der Waals surface area contributed by atoms with Crippen LogP contribution in [0.4, 0.5) is 0 Å². The van der Waals surface area contributed by atoms with Crippen molar-refractivity contribution in [3.63, 3.8) is 0 Å².